The van der Waals surface area contributed by atoms with E-state index in [1.807, 2.05) is 5.01 Å². The molecule has 104 valence electrons. The second-order valence-electron chi connectivity index (χ2n) is 4.78. The molecule has 6 heteroatoms. The lowest BCUT2D eigenvalue weighted by atomic mass is 10.0. The van der Waals surface area contributed by atoms with Crippen molar-refractivity contribution in [3.63, 3.8) is 0 Å². The van der Waals surface area contributed by atoms with Crippen LogP contribution in [0.15, 0.2) is 0 Å². The Balaban J connectivity index is 1.79. The first-order chi connectivity index (χ1) is 8.81. The molecule has 2 fully saturated rings. The van der Waals surface area contributed by atoms with E-state index in [-0.39, 0.29) is 17.9 Å². The zero-order valence-electron chi connectivity index (χ0n) is 11.0. The van der Waals surface area contributed by atoms with Crippen molar-refractivity contribution in [2.24, 2.45) is 5.92 Å². The molecule has 1 amide bonds. The third-order valence-electron chi connectivity index (χ3n) is 3.35. The van der Waals surface area contributed by atoms with Crippen molar-refractivity contribution in [1.29, 1.82) is 0 Å². The first-order valence-electron chi connectivity index (χ1n) is 6.75. The highest BCUT2D eigenvalue weighted by molar-refractivity contribution is 5.79. The number of carbonyl (C=O) groups excluding carboxylic acids is 1. The molecule has 0 aromatic rings. The van der Waals surface area contributed by atoms with Gasteiger partial charge in [-0.05, 0) is 13.0 Å². The van der Waals surface area contributed by atoms with Crippen LogP contribution in [-0.4, -0.2) is 63.0 Å². The van der Waals surface area contributed by atoms with Crippen molar-refractivity contribution in [3.8, 4) is 0 Å². The molecule has 0 bridgehead atoms. The number of morpholine rings is 1. The summed E-state index contributed by atoms with van der Waals surface area (Å²) >= 11 is 0. The Morgan fingerprint density at radius 3 is 2.78 bits per heavy atom. The van der Waals surface area contributed by atoms with E-state index in [1.165, 1.54) is 0 Å². The first kappa shape index (κ1) is 13.7. The normalized spacial score (nSPS) is 29.4. The number of nitrogens with zero attached hydrogens (tertiary/aromatic N) is 1. The zero-order valence-corrected chi connectivity index (χ0v) is 11.0. The van der Waals surface area contributed by atoms with Crippen molar-refractivity contribution in [2.75, 3.05) is 46.1 Å². The van der Waals surface area contributed by atoms with E-state index in [1.54, 1.807) is 0 Å². The molecule has 6 nitrogen and oxygen atoms in total. The van der Waals surface area contributed by atoms with E-state index < -0.39 is 0 Å². The molecule has 2 heterocycles. The molecule has 2 unspecified atom stereocenters. The Hall–Kier alpha value is -0.690. The first-order valence-corrected chi connectivity index (χ1v) is 6.75. The zero-order chi connectivity index (χ0) is 12.8. The van der Waals surface area contributed by atoms with Gasteiger partial charge in [0.05, 0.1) is 32.3 Å². The summed E-state index contributed by atoms with van der Waals surface area (Å²) in [7, 11) is 0. The van der Waals surface area contributed by atoms with Gasteiger partial charge in [-0.15, -0.1) is 0 Å². The van der Waals surface area contributed by atoms with Crippen molar-refractivity contribution in [1.82, 2.24) is 15.8 Å². The minimum atomic E-state index is -0.0839. The van der Waals surface area contributed by atoms with Gasteiger partial charge in [-0.2, -0.15) is 0 Å². The fraction of sp³-hybridized carbons (Fsp3) is 0.917. The Labute approximate surface area is 108 Å². The van der Waals surface area contributed by atoms with Gasteiger partial charge in [-0.25, -0.2) is 5.01 Å². The summed E-state index contributed by atoms with van der Waals surface area (Å²) in [6.45, 7) is 7.05. The molecule has 2 N–H and O–H groups in total. The number of carbonyl (C=O) groups is 1. The summed E-state index contributed by atoms with van der Waals surface area (Å²) in [6, 6.07) is 0.144. The summed E-state index contributed by atoms with van der Waals surface area (Å²) < 4.78 is 10.7. The summed E-state index contributed by atoms with van der Waals surface area (Å²) in [5.41, 5.74) is 2.96. The van der Waals surface area contributed by atoms with E-state index in [0.717, 1.165) is 26.1 Å². The maximum absolute atomic E-state index is 12.2. The predicted octanol–water partition coefficient (Wildman–Crippen LogP) is -0.636. The van der Waals surface area contributed by atoms with Crippen LogP contribution in [0.3, 0.4) is 0 Å². The van der Waals surface area contributed by atoms with Crippen LogP contribution in [-0.2, 0) is 14.3 Å². The molecule has 18 heavy (non-hydrogen) atoms. The van der Waals surface area contributed by atoms with Crippen LogP contribution in [0.2, 0.25) is 0 Å². The summed E-state index contributed by atoms with van der Waals surface area (Å²) in [5, 5.41) is 5.30. The average molecular weight is 257 g/mol. The fourth-order valence-corrected chi connectivity index (χ4v) is 2.26. The van der Waals surface area contributed by atoms with Crippen LogP contribution in [0.25, 0.3) is 0 Å². The molecule has 2 saturated heterocycles. The number of hydrogen-bond donors (Lipinski definition) is 2. The molecule has 0 saturated carbocycles. The van der Waals surface area contributed by atoms with E-state index >= 15 is 0 Å². The molecule has 0 radical (unpaired) electrons. The maximum atomic E-state index is 12.2. The minimum Gasteiger partial charge on any atom is -0.379 e. The molecule has 0 aromatic heterocycles. The number of amides is 1. The second-order valence-corrected chi connectivity index (χ2v) is 4.78. The molecular weight excluding hydrogens is 234 g/mol. The van der Waals surface area contributed by atoms with Gasteiger partial charge in [-0.3, -0.25) is 10.2 Å². The molecule has 2 aliphatic heterocycles. The minimum absolute atomic E-state index is 0.0583. The standard InChI is InChI=1S/C12H23N3O3/c1-2-3-13-11-9-18-8-10(11)12(16)14-15-4-6-17-7-5-15/h10-11,13H,2-9H2,1H3,(H,14,16). The van der Waals surface area contributed by atoms with Crippen LogP contribution < -0.4 is 10.7 Å². The van der Waals surface area contributed by atoms with E-state index in [9.17, 15) is 4.79 Å². The number of nitrogens with one attached hydrogen (secondary N) is 2. The second kappa shape index (κ2) is 7.04. The third kappa shape index (κ3) is 3.65. The van der Waals surface area contributed by atoms with Gasteiger partial charge in [0, 0.05) is 19.1 Å². The van der Waals surface area contributed by atoms with Gasteiger partial charge in [0.1, 0.15) is 0 Å². The van der Waals surface area contributed by atoms with Gasteiger partial charge in [0.15, 0.2) is 0 Å². The van der Waals surface area contributed by atoms with Gasteiger partial charge < -0.3 is 14.8 Å². The topological polar surface area (TPSA) is 62.8 Å². The lowest BCUT2D eigenvalue weighted by Gasteiger charge is -2.29. The van der Waals surface area contributed by atoms with E-state index in [0.29, 0.717) is 26.4 Å². The Morgan fingerprint density at radius 2 is 2.06 bits per heavy atom. The van der Waals surface area contributed by atoms with Crippen LogP contribution in [0.1, 0.15) is 13.3 Å². The predicted molar refractivity (Wildman–Crippen MR) is 66.9 cm³/mol. The maximum Gasteiger partial charge on any atom is 0.241 e. The van der Waals surface area contributed by atoms with Crippen LogP contribution >= 0.6 is 0 Å². The van der Waals surface area contributed by atoms with E-state index in [4.69, 9.17) is 9.47 Å². The molecule has 2 atom stereocenters. The molecule has 2 aliphatic rings. The number of hydrazine groups is 1. The van der Waals surface area contributed by atoms with E-state index in [2.05, 4.69) is 17.7 Å². The monoisotopic (exact) mass is 257 g/mol. The van der Waals surface area contributed by atoms with Crippen LogP contribution in [0, 0.1) is 5.92 Å². The Bertz CT molecular complexity index is 269. The largest absolute Gasteiger partial charge is 0.379 e. The average Bonchev–Trinajstić information content (AvgIpc) is 2.86. The smallest absolute Gasteiger partial charge is 0.241 e. The summed E-state index contributed by atoms with van der Waals surface area (Å²) in [4.78, 5) is 12.2. The van der Waals surface area contributed by atoms with Gasteiger partial charge in [0.25, 0.3) is 0 Å². The number of hydrogen-bond acceptors (Lipinski definition) is 5. The molecule has 0 aromatic carbocycles. The van der Waals surface area contributed by atoms with Gasteiger partial charge >= 0.3 is 0 Å². The molecule has 0 aliphatic carbocycles. The van der Waals surface area contributed by atoms with Crippen molar-refractivity contribution < 1.29 is 14.3 Å². The number of rotatable bonds is 5. The van der Waals surface area contributed by atoms with Crippen molar-refractivity contribution >= 4 is 5.91 Å². The van der Waals surface area contributed by atoms with Gasteiger partial charge in [-0.1, -0.05) is 6.92 Å². The third-order valence-corrected chi connectivity index (χ3v) is 3.35. The van der Waals surface area contributed by atoms with Crippen LogP contribution in [0.4, 0.5) is 0 Å². The Kier molecular flexibility index (Phi) is 5.37. The van der Waals surface area contributed by atoms with Crippen molar-refractivity contribution in [3.05, 3.63) is 0 Å². The lowest BCUT2D eigenvalue weighted by molar-refractivity contribution is -0.132. The molecule has 2 rings (SSSR count). The van der Waals surface area contributed by atoms with Crippen LogP contribution in [0.5, 0.6) is 0 Å². The Morgan fingerprint density at radius 1 is 1.28 bits per heavy atom. The molecular formula is C12H23N3O3. The fourth-order valence-electron chi connectivity index (χ4n) is 2.26. The summed E-state index contributed by atoms with van der Waals surface area (Å²) in [6.07, 6.45) is 1.06. The van der Waals surface area contributed by atoms with Crippen molar-refractivity contribution in [2.45, 2.75) is 19.4 Å². The number of ether oxygens (including phenoxy) is 2. The molecule has 0 spiro atoms. The quantitative estimate of drug-likeness (QED) is 0.686. The highest BCUT2D eigenvalue weighted by atomic mass is 16.5. The highest BCUT2D eigenvalue weighted by Gasteiger charge is 2.34. The SMILES string of the molecule is CCCNC1COCC1C(=O)NN1CCOCC1. The summed E-state index contributed by atoms with van der Waals surface area (Å²) in [5.74, 6) is -0.0256. The highest BCUT2D eigenvalue weighted by Crippen LogP contribution is 2.14. The lowest BCUT2D eigenvalue weighted by Crippen LogP contribution is -2.53. The van der Waals surface area contributed by atoms with Gasteiger partial charge in [0.2, 0.25) is 5.91 Å².